The minimum absolute atomic E-state index is 0.370. The summed E-state index contributed by atoms with van der Waals surface area (Å²) in [6.07, 6.45) is 2.30. The maximum atomic E-state index is 4.57. The predicted octanol–water partition coefficient (Wildman–Crippen LogP) is 2.96. The Balaban J connectivity index is 1.72. The third-order valence-corrected chi connectivity index (χ3v) is 5.62. The standard InChI is InChI=1S/C16H20N4S/c1-2-5-13-16-19-18-15(20(16)9-8-17-13)12-10-21-14-7-4-3-6-11(12)14/h3-4,6-7,12-13,17H,2,5,8-10H2,1H3. The molecule has 4 rings (SSSR count). The summed E-state index contributed by atoms with van der Waals surface area (Å²) in [7, 11) is 0. The Bertz CT molecular complexity index is 651. The highest BCUT2D eigenvalue weighted by molar-refractivity contribution is 7.99. The molecule has 5 heteroatoms. The summed E-state index contributed by atoms with van der Waals surface area (Å²) < 4.78 is 2.37. The van der Waals surface area contributed by atoms with Gasteiger partial charge in [-0.2, -0.15) is 0 Å². The van der Waals surface area contributed by atoms with Crippen molar-refractivity contribution < 1.29 is 0 Å². The highest BCUT2D eigenvalue weighted by atomic mass is 32.2. The van der Waals surface area contributed by atoms with Gasteiger partial charge in [-0.1, -0.05) is 31.5 Å². The molecule has 2 unspecified atom stereocenters. The Morgan fingerprint density at radius 3 is 3.05 bits per heavy atom. The van der Waals surface area contributed by atoms with Gasteiger partial charge in [0.2, 0.25) is 0 Å². The van der Waals surface area contributed by atoms with Crippen molar-refractivity contribution in [2.24, 2.45) is 0 Å². The van der Waals surface area contributed by atoms with Gasteiger partial charge in [0, 0.05) is 23.7 Å². The first-order valence-corrected chi connectivity index (χ1v) is 8.75. The molecule has 1 N–H and O–H groups in total. The molecule has 2 aliphatic heterocycles. The quantitative estimate of drug-likeness (QED) is 0.946. The average Bonchev–Trinajstić information content (AvgIpc) is 3.11. The van der Waals surface area contributed by atoms with Crippen molar-refractivity contribution in [2.75, 3.05) is 12.3 Å². The van der Waals surface area contributed by atoms with Crippen molar-refractivity contribution in [3.8, 4) is 0 Å². The van der Waals surface area contributed by atoms with Crippen molar-refractivity contribution in [3.05, 3.63) is 41.5 Å². The van der Waals surface area contributed by atoms with E-state index in [0.29, 0.717) is 12.0 Å². The minimum Gasteiger partial charge on any atom is -0.312 e. The Morgan fingerprint density at radius 2 is 2.14 bits per heavy atom. The number of hydrogen-bond acceptors (Lipinski definition) is 4. The van der Waals surface area contributed by atoms with E-state index in [0.717, 1.165) is 36.9 Å². The lowest BCUT2D eigenvalue weighted by atomic mass is 10.00. The fourth-order valence-electron chi connectivity index (χ4n) is 3.41. The maximum absolute atomic E-state index is 4.57. The normalized spacial score (nSPS) is 23.9. The molecular weight excluding hydrogens is 280 g/mol. The van der Waals surface area contributed by atoms with Crippen LogP contribution < -0.4 is 5.32 Å². The molecule has 0 amide bonds. The number of nitrogens with one attached hydrogen (secondary N) is 1. The van der Waals surface area contributed by atoms with Gasteiger partial charge in [-0.25, -0.2) is 0 Å². The molecule has 0 aliphatic carbocycles. The second kappa shape index (κ2) is 5.46. The zero-order valence-electron chi connectivity index (χ0n) is 12.2. The van der Waals surface area contributed by atoms with Gasteiger partial charge < -0.3 is 9.88 Å². The first-order chi connectivity index (χ1) is 10.4. The minimum atomic E-state index is 0.370. The number of nitrogens with zero attached hydrogens (tertiary/aromatic N) is 3. The molecule has 0 spiro atoms. The first-order valence-electron chi connectivity index (χ1n) is 7.76. The number of benzene rings is 1. The summed E-state index contributed by atoms with van der Waals surface area (Å²) in [4.78, 5) is 1.40. The van der Waals surface area contributed by atoms with Crippen LogP contribution in [0.15, 0.2) is 29.2 Å². The smallest absolute Gasteiger partial charge is 0.150 e. The summed E-state index contributed by atoms with van der Waals surface area (Å²) >= 11 is 1.94. The molecule has 2 aromatic rings. The fourth-order valence-corrected chi connectivity index (χ4v) is 4.64. The van der Waals surface area contributed by atoms with E-state index in [1.54, 1.807) is 0 Å². The van der Waals surface area contributed by atoms with E-state index < -0.39 is 0 Å². The van der Waals surface area contributed by atoms with Gasteiger partial charge in [-0.15, -0.1) is 22.0 Å². The molecule has 0 fully saturated rings. The van der Waals surface area contributed by atoms with Crippen LogP contribution in [-0.2, 0) is 6.54 Å². The van der Waals surface area contributed by atoms with Crippen molar-refractivity contribution in [2.45, 2.75) is 43.2 Å². The molecule has 0 radical (unpaired) electrons. The van der Waals surface area contributed by atoms with Crippen molar-refractivity contribution >= 4 is 11.8 Å². The van der Waals surface area contributed by atoms with Gasteiger partial charge in [0.25, 0.3) is 0 Å². The summed E-state index contributed by atoms with van der Waals surface area (Å²) in [5.74, 6) is 3.77. The molecule has 2 atom stereocenters. The predicted molar refractivity (Wildman–Crippen MR) is 84.7 cm³/mol. The zero-order valence-corrected chi connectivity index (χ0v) is 13.1. The van der Waals surface area contributed by atoms with Gasteiger partial charge in [-0.3, -0.25) is 0 Å². The molecule has 21 heavy (non-hydrogen) atoms. The Morgan fingerprint density at radius 1 is 1.29 bits per heavy atom. The largest absolute Gasteiger partial charge is 0.312 e. The molecule has 1 aromatic carbocycles. The Labute approximate surface area is 129 Å². The Hall–Kier alpha value is -1.33. The zero-order chi connectivity index (χ0) is 14.2. The Kier molecular flexibility index (Phi) is 3.47. The van der Waals surface area contributed by atoms with Gasteiger partial charge >= 0.3 is 0 Å². The van der Waals surface area contributed by atoms with Crippen LogP contribution in [0.25, 0.3) is 0 Å². The third kappa shape index (κ3) is 2.19. The van der Waals surface area contributed by atoms with Gasteiger partial charge in [0.05, 0.1) is 12.0 Å². The number of rotatable bonds is 3. The van der Waals surface area contributed by atoms with Crippen LogP contribution in [0.5, 0.6) is 0 Å². The molecule has 2 aliphatic rings. The SMILES string of the molecule is CCCC1NCCn2c1nnc2C1CSc2ccccc21. The number of thioether (sulfide) groups is 1. The second-order valence-corrected chi connectivity index (χ2v) is 6.83. The van der Waals surface area contributed by atoms with Crippen molar-refractivity contribution in [3.63, 3.8) is 0 Å². The van der Waals surface area contributed by atoms with Crippen molar-refractivity contribution in [1.82, 2.24) is 20.1 Å². The van der Waals surface area contributed by atoms with Crippen LogP contribution in [0, 0.1) is 0 Å². The summed E-state index contributed by atoms with van der Waals surface area (Å²) in [6, 6.07) is 9.08. The maximum Gasteiger partial charge on any atom is 0.150 e. The number of hydrogen-bond donors (Lipinski definition) is 1. The van der Waals surface area contributed by atoms with E-state index in [1.165, 1.54) is 16.9 Å². The van der Waals surface area contributed by atoms with Crippen LogP contribution in [0.3, 0.4) is 0 Å². The van der Waals surface area contributed by atoms with E-state index in [1.807, 2.05) is 11.8 Å². The van der Waals surface area contributed by atoms with Crippen LogP contribution in [0.2, 0.25) is 0 Å². The van der Waals surface area contributed by atoms with Crippen LogP contribution in [0.1, 0.15) is 48.9 Å². The molecule has 0 bridgehead atoms. The fraction of sp³-hybridized carbons (Fsp3) is 0.500. The first kappa shape index (κ1) is 13.3. The van der Waals surface area contributed by atoms with Gasteiger partial charge in [-0.05, 0) is 18.1 Å². The molecular formula is C16H20N4S. The molecule has 0 saturated heterocycles. The lowest BCUT2D eigenvalue weighted by molar-refractivity contribution is 0.387. The highest BCUT2D eigenvalue weighted by Crippen LogP contribution is 2.42. The molecule has 0 saturated carbocycles. The van der Waals surface area contributed by atoms with Crippen LogP contribution in [-0.4, -0.2) is 27.1 Å². The monoisotopic (exact) mass is 300 g/mol. The molecule has 1 aromatic heterocycles. The van der Waals surface area contributed by atoms with Crippen LogP contribution in [0.4, 0.5) is 0 Å². The van der Waals surface area contributed by atoms with Gasteiger partial charge in [0.1, 0.15) is 11.6 Å². The second-order valence-electron chi connectivity index (χ2n) is 5.76. The van der Waals surface area contributed by atoms with Crippen molar-refractivity contribution in [1.29, 1.82) is 0 Å². The van der Waals surface area contributed by atoms with E-state index >= 15 is 0 Å². The average molecular weight is 300 g/mol. The van der Waals surface area contributed by atoms with E-state index in [2.05, 4.69) is 51.3 Å². The summed E-state index contributed by atoms with van der Waals surface area (Å²) in [6.45, 7) is 4.23. The molecule has 110 valence electrons. The lowest BCUT2D eigenvalue weighted by Crippen LogP contribution is -2.34. The number of aromatic nitrogens is 3. The lowest BCUT2D eigenvalue weighted by Gasteiger charge is -2.25. The van der Waals surface area contributed by atoms with E-state index in [4.69, 9.17) is 0 Å². The van der Waals surface area contributed by atoms with E-state index in [9.17, 15) is 0 Å². The van der Waals surface area contributed by atoms with Gasteiger partial charge in [0.15, 0.2) is 0 Å². The summed E-state index contributed by atoms with van der Waals surface area (Å²) in [5, 5.41) is 12.7. The van der Waals surface area contributed by atoms with Crippen LogP contribution >= 0.6 is 11.8 Å². The number of fused-ring (bicyclic) bond motifs is 2. The third-order valence-electron chi connectivity index (χ3n) is 4.43. The van der Waals surface area contributed by atoms with E-state index in [-0.39, 0.29) is 0 Å². The highest BCUT2D eigenvalue weighted by Gasteiger charge is 2.32. The summed E-state index contributed by atoms with van der Waals surface area (Å²) in [5.41, 5.74) is 1.42. The molecule has 4 nitrogen and oxygen atoms in total. The topological polar surface area (TPSA) is 42.7 Å². The molecule has 3 heterocycles.